The van der Waals surface area contributed by atoms with E-state index in [9.17, 15) is 0 Å². The third kappa shape index (κ3) is 4.30. The number of hydrogen-bond donors (Lipinski definition) is 0. The van der Waals surface area contributed by atoms with Crippen LogP contribution in [-0.4, -0.2) is 0 Å². The van der Waals surface area contributed by atoms with Crippen LogP contribution in [0.4, 0.5) is 17.1 Å². The van der Waals surface area contributed by atoms with Crippen molar-refractivity contribution < 1.29 is 0 Å². The zero-order valence-corrected chi connectivity index (χ0v) is 26.9. The molecule has 2 heteroatoms. The van der Waals surface area contributed by atoms with Crippen LogP contribution in [0.25, 0.3) is 75.4 Å². The van der Waals surface area contributed by atoms with E-state index in [1.165, 1.54) is 68.9 Å². The Kier molecular flexibility index (Phi) is 6.45. The summed E-state index contributed by atoms with van der Waals surface area (Å²) >= 11 is 1.91. The molecule has 9 aromatic rings. The molecule has 0 spiro atoms. The molecule has 1 nitrogen and oxygen atoms in total. The van der Waals surface area contributed by atoms with Gasteiger partial charge in [-0.3, -0.25) is 0 Å². The molecule has 0 unspecified atom stereocenters. The van der Waals surface area contributed by atoms with Gasteiger partial charge in [-0.15, -0.1) is 11.3 Å². The largest absolute Gasteiger partial charge is 0.309 e. The van der Waals surface area contributed by atoms with Crippen molar-refractivity contribution in [2.45, 2.75) is 6.92 Å². The highest BCUT2D eigenvalue weighted by molar-refractivity contribution is 7.27. The molecule has 0 N–H and O–H groups in total. The number of anilines is 3. The Bertz CT molecular complexity index is 2730. The van der Waals surface area contributed by atoms with Crippen molar-refractivity contribution in [1.82, 2.24) is 0 Å². The quantitative estimate of drug-likeness (QED) is 0.174. The van der Waals surface area contributed by atoms with Crippen molar-refractivity contribution in [3.05, 3.63) is 163 Å². The molecule has 0 radical (unpaired) electrons. The third-order valence-electron chi connectivity index (χ3n) is 9.48. The average Bonchev–Trinajstić information content (AvgIpc) is 3.53. The molecule has 0 amide bonds. The van der Waals surface area contributed by atoms with Crippen LogP contribution in [0, 0.1) is 0 Å². The van der Waals surface area contributed by atoms with E-state index >= 15 is 0 Å². The van der Waals surface area contributed by atoms with Crippen molar-refractivity contribution in [1.29, 1.82) is 0 Å². The summed E-state index contributed by atoms with van der Waals surface area (Å²) in [4.78, 5) is 2.44. The second kappa shape index (κ2) is 11.0. The molecule has 0 saturated carbocycles. The summed E-state index contributed by atoms with van der Waals surface area (Å²) in [5.41, 5.74) is 5.69. The number of nitrogens with zero attached hydrogens (tertiary/aromatic N) is 1. The minimum Gasteiger partial charge on any atom is -0.309 e. The minimum atomic E-state index is 1.11. The SMILES string of the molecule is C=Cc1ccc(N(c2ccc3c(ccc4ccccc43)c2)c2cccc3c2sc2c4ccccc4c4ccccc4c32)cc1/C=C\C. The summed E-state index contributed by atoms with van der Waals surface area (Å²) in [5.74, 6) is 0. The number of hydrogen-bond acceptors (Lipinski definition) is 2. The van der Waals surface area contributed by atoms with Crippen LogP contribution in [0.3, 0.4) is 0 Å². The van der Waals surface area contributed by atoms with E-state index in [1.807, 2.05) is 17.4 Å². The molecule has 8 aromatic carbocycles. The van der Waals surface area contributed by atoms with Gasteiger partial charge in [0.05, 0.1) is 10.4 Å². The molecule has 47 heavy (non-hydrogen) atoms. The van der Waals surface area contributed by atoms with Gasteiger partial charge in [-0.2, -0.15) is 0 Å². The van der Waals surface area contributed by atoms with E-state index < -0.39 is 0 Å². The monoisotopic (exact) mass is 617 g/mol. The predicted molar refractivity (Wildman–Crippen MR) is 209 cm³/mol. The van der Waals surface area contributed by atoms with E-state index in [4.69, 9.17) is 0 Å². The zero-order chi connectivity index (χ0) is 31.5. The van der Waals surface area contributed by atoms with Gasteiger partial charge >= 0.3 is 0 Å². The lowest BCUT2D eigenvalue weighted by Gasteiger charge is -2.27. The van der Waals surface area contributed by atoms with Crippen molar-refractivity contribution in [2.75, 3.05) is 4.90 Å². The molecule has 0 fully saturated rings. The first-order chi connectivity index (χ1) is 23.2. The number of allylic oxidation sites excluding steroid dienone is 1. The fourth-order valence-corrected chi connectivity index (χ4v) is 8.73. The van der Waals surface area contributed by atoms with E-state index in [0.29, 0.717) is 0 Å². The van der Waals surface area contributed by atoms with Gasteiger partial charge in [-0.25, -0.2) is 0 Å². The average molecular weight is 618 g/mol. The van der Waals surface area contributed by atoms with Crippen LogP contribution >= 0.6 is 11.3 Å². The van der Waals surface area contributed by atoms with E-state index in [-0.39, 0.29) is 0 Å². The highest BCUT2D eigenvalue weighted by atomic mass is 32.1. The van der Waals surface area contributed by atoms with E-state index in [2.05, 4.69) is 170 Å². The Morgan fingerprint density at radius 3 is 1.96 bits per heavy atom. The predicted octanol–water partition coefficient (Wildman–Crippen LogP) is 13.8. The standard InChI is InChI=1S/C45H31NS/c1-3-12-31-27-33(24-23-29(31)4-2)46(34-25-26-36-32(28-34)22-21-30-13-5-6-14-35(30)36)42-20-11-19-41-43-39-17-9-7-15-37(39)38-16-8-10-18-40(38)45(43)47-44(41)42/h3-28H,2H2,1H3/b12-3-. The fraction of sp³-hybridized carbons (Fsp3) is 0.0222. The van der Waals surface area contributed by atoms with Crippen LogP contribution in [0.1, 0.15) is 18.1 Å². The maximum atomic E-state index is 4.09. The highest BCUT2D eigenvalue weighted by Gasteiger charge is 2.21. The first-order valence-electron chi connectivity index (χ1n) is 16.1. The Morgan fingerprint density at radius 1 is 0.511 bits per heavy atom. The summed E-state index contributed by atoms with van der Waals surface area (Å²) in [6.07, 6.45) is 6.21. The number of fused-ring (bicyclic) bond motifs is 11. The van der Waals surface area contributed by atoms with Crippen molar-refractivity contribution in [2.24, 2.45) is 0 Å². The van der Waals surface area contributed by atoms with Crippen molar-refractivity contribution >= 4 is 104 Å². The van der Waals surface area contributed by atoms with Gasteiger partial charge in [-0.05, 0) is 86.1 Å². The molecule has 0 aliphatic carbocycles. The van der Waals surface area contributed by atoms with Crippen LogP contribution in [-0.2, 0) is 0 Å². The zero-order valence-electron chi connectivity index (χ0n) is 26.1. The number of thiophene rings is 1. The molecule has 222 valence electrons. The molecule has 1 aromatic heterocycles. The van der Waals surface area contributed by atoms with Gasteiger partial charge in [0.25, 0.3) is 0 Å². The van der Waals surface area contributed by atoms with Crippen LogP contribution in [0.5, 0.6) is 0 Å². The lowest BCUT2D eigenvalue weighted by atomic mass is 9.97. The van der Waals surface area contributed by atoms with Gasteiger partial charge in [0.1, 0.15) is 0 Å². The normalized spacial score (nSPS) is 11.9. The van der Waals surface area contributed by atoms with E-state index in [0.717, 1.165) is 22.5 Å². The smallest absolute Gasteiger partial charge is 0.0640 e. The Morgan fingerprint density at radius 2 is 1.15 bits per heavy atom. The van der Waals surface area contributed by atoms with Gasteiger partial charge < -0.3 is 4.90 Å². The Hall–Kier alpha value is -5.70. The maximum absolute atomic E-state index is 4.09. The lowest BCUT2D eigenvalue weighted by molar-refractivity contribution is 1.30. The van der Waals surface area contributed by atoms with Gasteiger partial charge in [-0.1, -0.05) is 134 Å². The molecule has 0 aliphatic rings. The van der Waals surface area contributed by atoms with E-state index in [1.54, 1.807) is 0 Å². The van der Waals surface area contributed by atoms with Crippen molar-refractivity contribution in [3.63, 3.8) is 0 Å². The molecule has 1 heterocycles. The molecule has 0 bridgehead atoms. The number of benzene rings is 8. The molecule has 9 rings (SSSR count). The first-order valence-corrected chi connectivity index (χ1v) is 16.9. The minimum absolute atomic E-state index is 1.11. The van der Waals surface area contributed by atoms with Gasteiger partial charge in [0.15, 0.2) is 0 Å². The van der Waals surface area contributed by atoms with Crippen LogP contribution in [0.2, 0.25) is 0 Å². The molecule has 0 atom stereocenters. The lowest BCUT2D eigenvalue weighted by Crippen LogP contribution is -2.10. The van der Waals surface area contributed by atoms with Crippen LogP contribution in [0.15, 0.2) is 152 Å². The maximum Gasteiger partial charge on any atom is 0.0640 e. The molecule has 0 saturated heterocycles. The second-order valence-corrected chi connectivity index (χ2v) is 13.1. The molecular weight excluding hydrogens is 587 g/mol. The molecule has 0 aliphatic heterocycles. The topological polar surface area (TPSA) is 3.24 Å². The Labute approximate surface area is 277 Å². The summed E-state index contributed by atoms with van der Waals surface area (Å²) in [6.45, 7) is 6.16. The van der Waals surface area contributed by atoms with Gasteiger partial charge in [0.2, 0.25) is 0 Å². The first kappa shape index (κ1) is 27.6. The summed E-state index contributed by atoms with van der Waals surface area (Å²) < 4.78 is 2.62. The fourth-order valence-electron chi connectivity index (χ4n) is 7.37. The molecular formula is C45H31NS. The highest BCUT2D eigenvalue weighted by Crippen LogP contribution is 2.49. The Balaban J connectivity index is 1.37. The van der Waals surface area contributed by atoms with Crippen LogP contribution < -0.4 is 4.90 Å². The van der Waals surface area contributed by atoms with Crippen molar-refractivity contribution in [3.8, 4) is 0 Å². The second-order valence-electron chi connectivity index (χ2n) is 12.1. The summed E-state index contributed by atoms with van der Waals surface area (Å²) in [7, 11) is 0. The third-order valence-corrected chi connectivity index (χ3v) is 10.7. The number of rotatable bonds is 5. The van der Waals surface area contributed by atoms with Gasteiger partial charge in [0, 0.05) is 32.2 Å². The summed E-state index contributed by atoms with van der Waals surface area (Å²) in [6, 6.07) is 51.3. The summed E-state index contributed by atoms with van der Waals surface area (Å²) in [5, 5.41) is 12.9.